The van der Waals surface area contributed by atoms with E-state index in [9.17, 15) is 5.26 Å². The molecule has 2 N–H and O–H groups in total. The molecule has 1 aromatic carbocycles. The van der Waals surface area contributed by atoms with Crippen LogP contribution >= 0.6 is 11.9 Å². The molecule has 0 amide bonds. The molecular formula is C18H27N3OS. The van der Waals surface area contributed by atoms with Crippen LogP contribution in [0.1, 0.15) is 39.7 Å². The standard InChI is InChI=1S/C18H27N3OS/c1-5-21(6-2)16-9-7-15(8-10-16)13-17(14-19)23-20-18(3,4)11-12-22/h7-10,13,20,22H,5-6,11-12H2,1-4H3/b17-13+. The van der Waals surface area contributed by atoms with E-state index in [1.807, 2.05) is 32.1 Å². The first-order valence-corrected chi connectivity index (χ1v) is 8.79. The van der Waals surface area contributed by atoms with Gasteiger partial charge in [0.1, 0.15) is 11.0 Å². The first kappa shape index (κ1) is 19.6. The van der Waals surface area contributed by atoms with Gasteiger partial charge in [0.05, 0.1) is 0 Å². The van der Waals surface area contributed by atoms with Crippen molar-refractivity contribution >= 4 is 23.7 Å². The lowest BCUT2D eigenvalue weighted by Crippen LogP contribution is -2.35. The Morgan fingerprint density at radius 3 is 2.39 bits per heavy atom. The Morgan fingerprint density at radius 1 is 1.30 bits per heavy atom. The summed E-state index contributed by atoms with van der Waals surface area (Å²) in [6.45, 7) is 10.4. The molecular weight excluding hydrogens is 306 g/mol. The monoisotopic (exact) mass is 333 g/mol. The molecule has 0 aliphatic heterocycles. The van der Waals surface area contributed by atoms with Gasteiger partial charge < -0.3 is 10.0 Å². The summed E-state index contributed by atoms with van der Waals surface area (Å²) in [7, 11) is 0. The number of benzene rings is 1. The maximum atomic E-state index is 9.30. The SMILES string of the molecule is CCN(CC)c1ccc(/C=C(\C#N)SNC(C)(C)CCO)cc1. The Bertz CT molecular complexity index is 542. The Hall–Kier alpha value is -1.48. The number of rotatable bonds is 9. The van der Waals surface area contributed by atoms with Gasteiger partial charge in [0.2, 0.25) is 0 Å². The summed E-state index contributed by atoms with van der Waals surface area (Å²) >= 11 is 1.31. The Morgan fingerprint density at radius 2 is 1.91 bits per heavy atom. The van der Waals surface area contributed by atoms with Crippen molar-refractivity contribution in [3.8, 4) is 6.07 Å². The van der Waals surface area contributed by atoms with Crippen LogP contribution in [0, 0.1) is 11.3 Å². The number of nitrogens with one attached hydrogen (secondary N) is 1. The molecule has 0 spiro atoms. The third-order valence-corrected chi connectivity index (χ3v) is 4.69. The number of nitrogens with zero attached hydrogens (tertiary/aromatic N) is 2. The Kier molecular flexibility index (Phi) is 8.18. The van der Waals surface area contributed by atoms with Crippen LogP contribution in [-0.2, 0) is 0 Å². The van der Waals surface area contributed by atoms with Gasteiger partial charge in [-0.25, -0.2) is 0 Å². The molecule has 1 rings (SSSR count). The molecule has 126 valence electrons. The van der Waals surface area contributed by atoms with Gasteiger partial charge in [-0.2, -0.15) is 5.26 Å². The highest BCUT2D eigenvalue weighted by molar-refractivity contribution is 8.01. The summed E-state index contributed by atoms with van der Waals surface area (Å²) in [6.07, 6.45) is 2.51. The maximum Gasteiger partial charge on any atom is 0.107 e. The van der Waals surface area contributed by atoms with Crippen molar-refractivity contribution in [2.75, 3.05) is 24.6 Å². The fourth-order valence-corrected chi connectivity index (χ4v) is 2.86. The van der Waals surface area contributed by atoms with Crippen molar-refractivity contribution in [2.45, 2.75) is 39.7 Å². The van der Waals surface area contributed by atoms with Crippen LogP contribution in [-0.4, -0.2) is 30.3 Å². The summed E-state index contributed by atoms with van der Waals surface area (Å²) in [5.41, 5.74) is 1.98. The first-order valence-electron chi connectivity index (χ1n) is 7.97. The summed E-state index contributed by atoms with van der Waals surface area (Å²) in [5, 5.41) is 18.3. The molecule has 0 aliphatic carbocycles. The number of hydrogen-bond donors (Lipinski definition) is 2. The molecule has 5 heteroatoms. The van der Waals surface area contributed by atoms with E-state index in [0.29, 0.717) is 11.3 Å². The lowest BCUT2D eigenvalue weighted by atomic mass is 10.0. The quantitative estimate of drug-likeness (QED) is 0.532. The zero-order chi connectivity index (χ0) is 17.3. The number of allylic oxidation sites excluding steroid dienone is 1. The highest BCUT2D eigenvalue weighted by Crippen LogP contribution is 2.22. The molecule has 4 nitrogen and oxygen atoms in total. The van der Waals surface area contributed by atoms with E-state index in [1.165, 1.54) is 17.6 Å². The second-order valence-corrected chi connectivity index (χ2v) is 6.79. The van der Waals surface area contributed by atoms with E-state index in [0.717, 1.165) is 18.7 Å². The predicted octanol–water partition coefficient (Wildman–Crippen LogP) is 3.80. The fraction of sp³-hybridized carbons (Fsp3) is 0.500. The highest BCUT2D eigenvalue weighted by Gasteiger charge is 2.17. The molecule has 0 bridgehead atoms. The minimum atomic E-state index is -0.220. The van der Waals surface area contributed by atoms with Crippen LogP contribution in [0.5, 0.6) is 0 Å². The lowest BCUT2D eigenvalue weighted by molar-refractivity contribution is 0.248. The van der Waals surface area contributed by atoms with Crippen molar-refractivity contribution < 1.29 is 5.11 Å². The van der Waals surface area contributed by atoms with Crippen LogP contribution in [0.2, 0.25) is 0 Å². The Labute approximate surface area is 144 Å². The van der Waals surface area contributed by atoms with Crippen LogP contribution in [0.15, 0.2) is 29.2 Å². The summed E-state index contributed by atoms with van der Waals surface area (Å²) < 4.78 is 3.24. The van der Waals surface area contributed by atoms with Crippen LogP contribution in [0.3, 0.4) is 0 Å². The zero-order valence-electron chi connectivity index (χ0n) is 14.5. The average Bonchev–Trinajstić information content (AvgIpc) is 2.54. The predicted molar refractivity (Wildman–Crippen MR) is 100 cm³/mol. The van der Waals surface area contributed by atoms with E-state index in [-0.39, 0.29) is 12.1 Å². The lowest BCUT2D eigenvalue weighted by Gasteiger charge is -2.24. The number of anilines is 1. The molecule has 0 fully saturated rings. The minimum absolute atomic E-state index is 0.124. The summed E-state index contributed by atoms with van der Waals surface area (Å²) in [6, 6.07) is 10.4. The van der Waals surface area contributed by atoms with Gasteiger partial charge in [0, 0.05) is 30.9 Å². The second kappa shape index (κ2) is 9.61. The molecule has 0 saturated carbocycles. The largest absolute Gasteiger partial charge is 0.396 e. The van der Waals surface area contributed by atoms with Gasteiger partial charge in [0.15, 0.2) is 0 Å². The maximum absolute atomic E-state index is 9.30. The van der Waals surface area contributed by atoms with Crippen molar-refractivity contribution in [3.63, 3.8) is 0 Å². The van der Waals surface area contributed by atoms with Crippen molar-refractivity contribution in [1.82, 2.24) is 4.72 Å². The van der Waals surface area contributed by atoms with Gasteiger partial charge in [0.25, 0.3) is 0 Å². The van der Waals surface area contributed by atoms with E-state index in [4.69, 9.17) is 5.11 Å². The minimum Gasteiger partial charge on any atom is -0.396 e. The van der Waals surface area contributed by atoms with Gasteiger partial charge in [-0.3, -0.25) is 4.72 Å². The molecule has 0 aromatic heterocycles. The van der Waals surface area contributed by atoms with E-state index in [1.54, 1.807) is 0 Å². The molecule has 23 heavy (non-hydrogen) atoms. The molecule has 1 aromatic rings. The molecule has 0 atom stereocenters. The second-order valence-electron chi connectivity index (χ2n) is 5.95. The molecule has 0 unspecified atom stereocenters. The number of aliphatic hydroxyl groups is 1. The van der Waals surface area contributed by atoms with Crippen molar-refractivity contribution in [1.29, 1.82) is 5.26 Å². The van der Waals surface area contributed by atoms with Gasteiger partial charge in [-0.15, -0.1) is 0 Å². The molecule has 0 radical (unpaired) electrons. The van der Waals surface area contributed by atoms with E-state index >= 15 is 0 Å². The normalized spacial score (nSPS) is 12.1. The number of aliphatic hydroxyl groups excluding tert-OH is 1. The number of hydrogen-bond acceptors (Lipinski definition) is 5. The molecule has 0 aliphatic rings. The Balaban J connectivity index is 2.77. The third-order valence-electron chi connectivity index (χ3n) is 3.60. The van der Waals surface area contributed by atoms with Crippen molar-refractivity contribution in [3.05, 3.63) is 34.7 Å². The molecule has 0 saturated heterocycles. The first-order chi connectivity index (χ1) is 11.0. The van der Waals surface area contributed by atoms with E-state index < -0.39 is 0 Å². The van der Waals surface area contributed by atoms with Crippen LogP contribution < -0.4 is 9.62 Å². The zero-order valence-corrected chi connectivity index (χ0v) is 15.3. The summed E-state index contributed by atoms with van der Waals surface area (Å²) in [5.74, 6) is 0. The average molecular weight is 334 g/mol. The molecule has 0 heterocycles. The van der Waals surface area contributed by atoms with Gasteiger partial charge >= 0.3 is 0 Å². The topological polar surface area (TPSA) is 59.3 Å². The highest BCUT2D eigenvalue weighted by atomic mass is 32.2. The third kappa shape index (κ3) is 6.66. The van der Waals surface area contributed by atoms with Crippen LogP contribution in [0.25, 0.3) is 6.08 Å². The van der Waals surface area contributed by atoms with Crippen molar-refractivity contribution in [2.24, 2.45) is 0 Å². The fourth-order valence-electron chi connectivity index (χ4n) is 2.13. The van der Waals surface area contributed by atoms with Crippen LogP contribution in [0.4, 0.5) is 5.69 Å². The van der Waals surface area contributed by atoms with E-state index in [2.05, 4.69) is 41.7 Å². The number of nitriles is 1. The summed E-state index contributed by atoms with van der Waals surface area (Å²) in [4.78, 5) is 2.89. The van der Waals surface area contributed by atoms with Gasteiger partial charge in [-0.05, 0) is 69.8 Å². The van der Waals surface area contributed by atoms with Gasteiger partial charge in [-0.1, -0.05) is 12.1 Å². The smallest absolute Gasteiger partial charge is 0.107 e.